The molecule has 0 aliphatic carbocycles. The molecule has 3 rings (SSSR count). The molecule has 120 valence electrons. The van der Waals surface area contributed by atoms with E-state index < -0.39 is 0 Å². The number of phenols is 1. The SMILES string of the molecule is COc1cc2ncnc(Nc3ccc(O)cc3)c2cc1OC.Cl. The Bertz CT molecular complexity index is 810. The van der Waals surface area contributed by atoms with Crippen LogP contribution in [0.3, 0.4) is 0 Å². The van der Waals surface area contributed by atoms with Crippen LogP contribution in [0.5, 0.6) is 17.2 Å². The van der Waals surface area contributed by atoms with Gasteiger partial charge in [0.2, 0.25) is 0 Å². The number of rotatable bonds is 4. The van der Waals surface area contributed by atoms with Crippen molar-refractivity contribution in [3.8, 4) is 17.2 Å². The van der Waals surface area contributed by atoms with Gasteiger partial charge in [0.25, 0.3) is 0 Å². The van der Waals surface area contributed by atoms with Crippen LogP contribution in [-0.4, -0.2) is 29.3 Å². The minimum absolute atomic E-state index is 0. The Morgan fingerprint density at radius 1 is 0.957 bits per heavy atom. The van der Waals surface area contributed by atoms with Gasteiger partial charge >= 0.3 is 0 Å². The zero-order valence-electron chi connectivity index (χ0n) is 12.6. The number of aromatic hydroxyl groups is 1. The fraction of sp³-hybridized carbons (Fsp3) is 0.125. The molecular weight excluding hydrogens is 318 g/mol. The average Bonchev–Trinajstić information content (AvgIpc) is 2.56. The molecule has 6 nitrogen and oxygen atoms in total. The standard InChI is InChI=1S/C16H15N3O3.ClH/c1-21-14-7-12-13(8-15(14)22-2)17-9-18-16(12)19-10-3-5-11(20)6-4-10;/h3-9,20H,1-2H3,(H,17,18,19);1H. The molecule has 0 radical (unpaired) electrons. The molecule has 0 fully saturated rings. The maximum atomic E-state index is 9.34. The van der Waals surface area contributed by atoms with Crippen molar-refractivity contribution in [2.75, 3.05) is 19.5 Å². The van der Waals surface area contributed by atoms with E-state index in [0.29, 0.717) is 17.3 Å². The monoisotopic (exact) mass is 333 g/mol. The normalized spacial score (nSPS) is 10.0. The van der Waals surface area contributed by atoms with Crippen molar-refractivity contribution in [1.82, 2.24) is 9.97 Å². The number of nitrogens with one attached hydrogen (secondary N) is 1. The van der Waals surface area contributed by atoms with E-state index in [4.69, 9.17) is 9.47 Å². The number of hydrogen-bond acceptors (Lipinski definition) is 6. The fourth-order valence-electron chi connectivity index (χ4n) is 2.16. The molecular formula is C16H16ClN3O3. The lowest BCUT2D eigenvalue weighted by molar-refractivity contribution is 0.356. The Balaban J connectivity index is 0.00000192. The van der Waals surface area contributed by atoms with E-state index in [2.05, 4.69) is 15.3 Å². The summed E-state index contributed by atoms with van der Waals surface area (Å²) in [6.07, 6.45) is 1.48. The minimum Gasteiger partial charge on any atom is -0.508 e. The highest BCUT2D eigenvalue weighted by Gasteiger charge is 2.11. The molecule has 0 aliphatic heterocycles. The van der Waals surface area contributed by atoms with Crippen molar-refractivity contribution in [3.63, 3.8) is 0 Å². The fourth-order valence-corrected chi connectivity index (χ4v) is 2.16. The summed E-state index contributed by atoms with van der Waals surface area (Å²) in [5, 5.41) is 13.4. The second-order valence-electron chi connectivity index (χ2n) is 4.62. The molecule has 0 aliphatic rings. The molecule has 1 aromatic heterocycles. The van der Waals surface area contributed by atoms with Gasteiger partial charge in [0, 0.05) is 17.1 Å². The number of phenolic OH excluding ortho intramolecular Hbond substituents is 1. The molecule has 0 amide bonds. The van der Waals surface area contributed by atoms with Gasteiger partial charge in [0.1, 0.15) is 17.9 Å². The quantitative estimate of drug-likeness (QED) is 0.711. The van der Waals surface area contributed by atoms with Crippen molar-refractivity contribution >= 4 is 34.8 Å². The first-order chi connectivity index (χ1) is 10.7. The molecule has 0 saturated carbocycles. The number of hydrogen-bond donors (Lipinski definition) is 2. The molecule has 7 heteroatoms. The molecule has 2 N–H and O–H groups in total. The van der Waals surface area contributed by atoms with Crippen LogP contribution in [0.1, 0.15) is 0 Å². The lowest BCUT2D eigenvalue weighted by Gasteiger charge is -2.12. The van der Waals surface area contributed by atoms with Gasteiger partial charge < -0.3 is 19.9 Å². The predicted octanol–water partition coefficient (Wildman–Crippen LogP) is 3.52. The zero-order valence-corrected chi connectivity index (χ0v) is 13.4. The highest BCUT2D eigenvalue weighted by molar-refractivity contribution is 5.93. The second-order valence-corrected chi connectivity index (χ2v) is 4.62. The van der Waals surface area contributed by atoms with Crippen LogP contribution in [0.2, 0.25) is 0 Å². The summed E-state index contributed by atoms with van der Waals surface area (Å²) in [7, 11) is 3.17. The summed E-state index contributed by atoms with van der Waals surface area (Å²) in [5.74, 6) is 2.09. The van der Waals surface area contributed by atoms with Gasteiger partial charge in [-0.25, -0.2) is 9.97 Å². The summed E-state index contributed by atoms with van der Waals surface area (Å²) in [6.45, 7) is 0. The number of ether oxygens (including phenoxy) is 2. The van der Waals surface area contributed by atoms with Crippen LogP contribution >= 0.6 is 12.4 Å². The molecule has 23 heavy (non-hydrogen) atoms. The second kappa shape index (κ2) is 7.02. The molecule has 0 saturated heterocycles. The van der Waals surface area contributed by atoms with E-state index in [0.717, 1.165) is 16.6 Å². The Kier molecular flexibility index (Phi) is 5.08. The van der Waals surface area contributed by atoms with Gasteiger partial charge in [0.05, 0.1) is 19.7 Å². The molecule has 3 aromatic rings. The van der Waals surface area contributed by atoms with Gasteiger partial charge in [-0.1, -0.05) is 0 Å². The van der Waals surface area contributed by atoms with Crippen LogP contribution in [0.4, 0.5) is 11.5 Å². The van der Waals surface area contributed by atoms with Gasteiger partial charge in [-0.3, -0.25) is 0 Å². The Morgan fingerprint density at radius 2 is 1.61 bits per heavy atom. The molecule has 0 bridgehead atoms. The minimum atomic E-state index is 0. The molecule has 0 spiro atoms. The lowest BCUT2D eigenvalue weighted by Crippen LogP contribution is -1.97. The molecule has 2 aromatic carbocycles. The Hall–Kier alpha value is -2.73. The van der Waals surface area contributed by atoms with Crippen LogP contribution < -0.4 is 14.8 Å². The summed E-state index contributed by atoms with van der Waals surface area (Å²) in [4.78, 5) is 8.53. The highest BCUT2D eigenvalue weighted by Crippen LogP contribution is 2.34. The van der Waals surface area contributed by atoms with Gasteiger partial charge in [-0.05, 0) is 30.3 Å². The van der Waals surface area contributed by atoms with Crippen LogP contribution in [0, 0.1) is 0 Å². The summed E-state index contributed by atoms with van der Waals surface area (Å²) < 4.78 is 10.6. The first kappa shape index (κ1) is 16.6. The third kappa shape index (κ3) is 3.37. The Labute approximate surface area is 139 Å². The maximum absolute atomic E-state index is 9.34. The van der Waals surface area contributed by atoms with Crippen molar-refractivity contribution in [2.45, 2.75) is 0 Å². The maximum Gasteiger partial charge on any atom is 0.162 e. The van der Waals surface area contributed by atoms with Crippen LogP contribution in [0.25, 0.3) is 10.9 Å². The van der Waals surface area contributed by atoms with E-state index in [1.165, 1.54) is 6.33 Å². The van der Waals surface area contributed by atoms with Crippen LogP contribution in [0.15, 0.2) is 42.7 Å². The predicted molar refractivity (Wildman–Crippen MR) is 91.3 cm³/mol. The molecule has 0 unspecified atom stereocenters. The largest absolute Gasteiger partial charge is 0.508 e. The van der Waals surface area contributed by atoms with Crippen LogP contribution in [-0.2, 0) is 0 Å². The third-order valence-corrected chi connectivity index (χ3v) is 3.27. The summed E-state index contributed by atoms with van der Waals surface area (Å²) in [5.41, 5.74) is 1.56. The van der Waals surface area contributed by atoms with Gasteiger partial charge in [-0.15, -0.1) is 12.4 Å². The third-order valence-electron chi connectivity index (χ3n) is 3.27. The lowest BCUT2D eigenvalue weighted by atomic mass is 10.2. The van der Waals surface area contributed by atoms with Gasteiger partial charge in [-0.2, -0.15) is 0 Å². The number of anilines is 2. The molecule has 0 atom stereocenters. The van der Waals surface area contributed by atoms with Crippen molar-refractivity contribution in [2.24, 2.45) is 0 Å². The zero-order chi connectivity index (χ0) is 15.5. The first-order valence-corrected chi connectivity index (χ1v) is 6.64. The van der Waals surface area contributed by atoms with Crippen molar-refractivity contribution < 1.29 is 14.6 Å². The van der Waals surface area contributed by atoms with Gasteiger partial charge in [0.15, 0.2) is 11.5 Å². The van der Waals surface area contributed by atoms with E-state index in [1.54, 1.807) is 44.6 Å². The summed E-state index contributed by atoms with van der Waals surface area (Å²) >= 11 is 0. The Morgan fingerprint density at radius 3 is 2.26 bits per heavy atom. The van der Waals surface area contributed by atoms with E-state index >= 15 is 0 Å². The number of benzene rings is 2. The van der Waals surface area contributed by atoms with E-state index in [-0.39, 0.29) is 18.2 Å². The smallest absolute Gasteiger partial charge is 0.162 e. The van der Waals surface area contributed by atoms with Crippen molar-refractivity contribution in [3.05, 3.63) is 42.7 Å². The van der Waals surface area contributed by atoms with E-state index in [1.807, 2.05) is 6.07 Å². The van der Waals surface area contributed by atoms with Crippen molar-refractivity contribution in [1.29, 1.82) is 0 Å². The highest BCUT2D eigenvalue weighted by atomic mass is 35.5. The number of aromatic nitrogens is 2. The van der Waals surface area contributed by atoms with E-state index in [9.17, 15) is 5.11 Å². The number of methoxy groups -OCH3 is 2. The topological polar surface area (TPSA) is 76.5 Å². The average molecular weight is 334 g/mol. The first-order valence-electron chi connectivity index (χ1n) is 6.64. The number of fused-ring (bicyclic) bond motifs is 1. The number of halogens is 1. The number of nitrogens with zero attached hydrogens (tertiary/aromatic N) is 2. The summed E-state index contributed by atoms with van der Waals surface area (Å²) in [6, 6.07) is 10.4. The molecule has 1 heterocycles.